The standard InChI is InChI=1S/C20H30N2O5/c1-5-21(16-9-11-26-12-10-16)17-8-7-15(13-18(17)22(24)25)20(3,4)14-19(23)27-6-2/h7-8,13,16H,5-6,9-12,14H2,1-4H3. The Labute approximate surface area is 160 Å². The maximum atomic E-state index is 11.9. The smallest absolute Gasteiger partial charge is 0.306 e. The fraction of sp³-hybridized carbons (Fsp3) is 0.650. The molecule has 0 spiro atoms. The van der Waals surface area contributed by atoms with Gasteiger partial charge in [0.25, 0.3) is 5.69 Å². The minimum Gasteiger partial charge on any atom is -0.466 e. The first-order valence-corrected chi connectivity index (χ1v) is 9.59. The number of ether oxygens (including phenoxy) is 2. The second-order valence-corrected chi connectivity index (χ2v) is 7.46. The highest BCUT2D eigenvalue weighted by molar-refractivity contribution is 5.72. The Kier molecular flexibility index (Phi) is 7.18. The Balaban J connectivity index is 2.35. The summed E-state index contributed by atoms with van der Waals surface area (Å²) in [5, 5.41) is 11.8. The second kappa shape index (κ2) is 9.17. The number of carbonyl (C=O) groups is 1. The van der Waals surface area contributed by atoms with Gasteiger partial charge in [0, 0.05) is 37.3 Å². The molecule has 0 amide bonds. The van der Waals surface area contributed by atoms with E-state index in [-0.39, 0.29) is 29.0 Å². The van der Waals surface area contributed by atoms with Gasteiger partial charge in [-0.2, -0.15) is 0 Å². The van der Waals surface area contributed by atoms with Crippen LogP contribution in [0.2, 0.25) is 0 Å². The van der Waals surface area contributed by atoms with Gasteiger partial charge in [0.05, 0.1) is 18.0 Å². The summed E-state index contributed by atoms with van der Waals surface area (Å²) in [6, 6.07) is 5.56. The summed E-state index contributed by atoms with van der Waals surface area (Å²) in [6.45, 7) is 9.95. The van der Waals surface area contributed by atoms with Crippen molar-refractivity contribution >= 4 is 17.3 Å². The highest BCUT2D eigenvalue weighted by Gasteiger charge is 2.31. The van der Waals surface area contributed by atoms with E-state index in [9.17, 15) is 14.9 Å². The van der Waals surface area contributed by atoms with Gasteiger partial charge < -0.3 is 14.4 Å². The van der Waals surface area contributed by atoms with Crippen LogP contribution in [0.3, 0.4) is 0 Å². The molecule has 0 bridgehead atoms. The summed E-state index contributed by atoms with van der Waals surface area (Å²) in [7, 11) is 0. The molecule has 1 aliphatic heterocycles. The first kappa shape index (κ1) is 21.2. The van der Waals surface area contributed by atoms with Crippen molar-refractivity contribution < 1.29 is 19.2 Å². The molecule has 1 aromatic rings. The van der Waals surface area contributed by atoms with E-state index in [4.69, 9.17) is 9.47 Å². The molecular formula is C20H30N2O5. The highest BCUT2D eigenvalue weighted by Crippen LogP contribution is 2.37. The van der Waals surface area contributed by atoms with Crippen LogP contribution in [0, 0.1) is 10.1 Å². The molecule has 0 aromatic heterocycles. The van der Waals surface area contributed by atoms with Crippen molar-refractivity contribution in [1.82, 2.24) is 0 Å². The average Bonchev–Trinajstić information content (AvgIpc) is 2.63. The van der Waals surface area contributed by atoms with Gasteiger partial charge >= 0.3 is 5.97 Å². The number of carbonyl (C=O) groups excluding carboxylic acids is 1. The van der Waals surface area contributed by atoms with E-state index in [1.807, 2.05) is 32.9 Å². The quantitative estimate of drug-likeness (QED) is 0.388. The number of anilines is 1. The molecule has 0 N–H and O–H groups in total. The molecule has 0 aliphatic carbocycles. The van der Waals surface area contributed by atoms with E-state index in [1.54, 1.807) is 13.0 Å². The third-order valence-corrected chi connectivity index (χ3v) is 5.13. The Morgan fingerprint density at radius 3 is 2.56 bits per heavy atom. The molecule has 1 heterocycles. The van der Waals surface area contributed by atoms with Gasteiger partial charge in [0.2, 0.25) is 0 Å². The van der Waals surface area contributed by atoms with Gasteiger partial charge in [-0.15, -0.1) is 0 Å². The molecule has 1 saturated heterocycles. The third kappa shape index (κ3) is 5.19. The molecule has 1 fully saturated rings. The van der Waals surface area contributed by atoms with Crippen molar-refractivity contribution in [3.63, 3.8) is 0 Å². The predicted octanol–water partition coefficient (Wildman–Crippen LogP) is 3.83. The van der Waals surface area contributed by atoms with E-state index in [1.165, 1.54) is 0 Å². The van der Waals surface area contributed by atoms with Gasteiger partial charge in [-0.05, 0) is 38.3 Å². The first-order valence-electron chi connectivity index (χ1n) is 9.59. The normalized spacial score (nSPS) is 15.4. The molecule has 7 heteroatoms. The van der Waals surface area contributed by atoms with E-state index in [0.717, 1.165) is 18.4 Å². The summed E-state index contributed by atoms with van der Waals surface area (Å²) >= 11 is 0. The molecule has 1 aliphatic rings. The van der Waals surface area contributed by atoms with Crippen LogP contribution >= 0.6 is 0 Å². The van der Waals surface area contributed by atoms with Crippen molar-refractivity contribution in [3.8, 4) is 0 Å². The molecule has 7 nitrogen and oxygen atoms in total. The molecule has 0 atom stereocenters. The number of nitro groups is 1. The number of nitro benzene ring substituents is 1. The first-order chi connectivity index (χ1) is 12.8. The number of hydrogen-bond acceptors (Lipinski definition) is 6. The number of esters is 1. The van der Waals surface area contributed by atoms with Crippen LogP contribution in [0.1, 0.15) is 52.5 Å². The number of hydrogen-bond donors (Lipinski definition) is 0. The van der Waals surface area contributed by atoms with Crippen LogP contribution < -0.4 is 4.90 Å². The summed E-state index contributed by atoms with van der Waals surface area (Å²) < 4.78 is 10.5. The van der Waals surface area contributed by atoms with Crippen molar-refractivity contribution in [2.75, 3.05) is 31.3 Å². The second-order valence-electron chi connectivity index (χ2n) is 7.46. The van der Waals surface area contributed by atoms with Crippen LogP contribution in [0.4, 0.5) is 11.4 Å². The minimum atomic E-state index is -0.550. The Bertz CT molecular complexity index is 668. The zero-order valence-electron chi connectivity index (χ0n) is 16.7. The summed E-state index contributed by atoms with van der Waals surface area (Å²) in [5.41, 5.74) is 0.919. The zero-order valence-corrected chi connectivity index (χ0v) is 16.7. The van der Waals surface area contributed by atoms with Gasteiger partial charge in [0.1, 0.15) is 5.69 Å². The topological polar surface area (TPSA) is 81.9 Å². The third-order valence-electron chi connectivity index (χ3n) is 5.13. The van der Waals surface area contributed by atoms with Crippen molar-refractivity contribution in [3.05, 3.63) is 33.9 Å². The number of nitrogens with zero attached hydrogens (tertiary/aromatic N) is 2. The molecular weight excluding hydrogens is 348 g/mol. The Hall–Kier alpha value is -2.15. The van der Waals surface area contributed by atoms with E-state index < -0.39 is 5.41 Å². The summed E-state index contributed by atoms with van der Waals surface area (Å²) in [6.07, 6.45) is 1.90. The van der Waals surface area contributed by atoms with Crippen LogP contribution in [-0.4, -0.2) is 43.3 Å². The lowest BCUT2D eigenvalue weighted by molar-refractivity contribution is -0.384. The predicted molar refractivity (Wildman–Crippen MR) is 104 cm³/mol. The summed E-state index contributed by atoms with van der Waals surface area (Å²) in [5.74, 6) is -0.299. The van der Waals surface area contributed by atoms with Gasteiger partial charge in [-0.3, -0.25) is 14.9 Å². The monoisotopic (exact) mass is 378 g/mol. The van der Waals surface area contributed by atoms with E-state index in [2.05, 4.69) is 4.90 Å². The zero-order chi connectivity index (χ0) is 20.0. The van der Waals surface area contributed by atoms with Crippen LogP contribution in [0.5, 0.6) is 0 Å². The van der Waals surface area contributed by atoms with Crippen molar-refractivity contribution in [2.45, 2.75) is 58.4 Å². The fourth-order valence-corrected chi connectivity index (χ4v) is 3.63. The molecule has 27 heavy (non-hydrogen) atoms. The number of rotatable bonds is 8. The Morgan fingerprint density at radius 1 is 1.33 bits per heavy atom. The highest BCUT2D eigenvalue weighted by atomic mass is 16.6. The average molecular weight is 378 g/mol. The Morgan fingerprint density at radius 2 is 2.00 bits per heavy atom. The maximum absolute atomic E-state index is 11.9. The van der Waals surface area contributed by atoms with Crippen LogP contribution in [0.25, 0.3) is 0 Å². The molecule has 2 rings (SSSR count). The fourth-order valence-electron chi connectivity index (χ4n) is 3.63. The largest absolute Gasteiger partial charge is 0.466 e. The van der Waals surface area contributed by atoms with Crippen LogP contribution in [-0.2, 0) is 19.7 Å². The SMILES string of the molecule is CCOC(=O)CC(C)(C)c1ccc(N(CC)C2CCOCC2)c([N+](=O)[O-])c1. The van der Waals surface area contributed by atoms with E-state index >= 15 is 0 Å². The van der Waals surface area contributed by atoms with Crippen LogP contribution in [0.15, 0.2) is 18.2 Å². The summed E-state index contributed by atoms with van der Waals surface area (Å²) in [4.78, 5) is 25.5. The van der Waals surface area contributed by atoms with Gasteiger partial charge in [-0.1, -0.05) is 19.9 Å². The lowest BCUT2D eigenvalue weighted by Crippen LogP contribution is -2.39. The lowest BCUT2D eigenvalue weighted by Gasteiger charge is -2.35. The number of benzene rings is 1. The minimum absolute atomic E-state index is 0.0813. The molecule has 0 radical (unpaired) electrons. The van der Waals surface area contributed by atoms with Crippen molar-refractivity contribution in [2.24, 2.45) is 0 Å². The maximum Gasteiger partial charge on any atom is 0.306 e. The molecule has 150 valence electrons. The van der Waals surface area contributed by atoms with Crippen molar-refractivity contribution in [1.29, 1.82) is 0 Å². The molecule has 1 aromatic carbocycles. The lowest BCUT2D eigenvalue weighted by atomic mass is 9.81. The van der Waals surface area contributed by atoms with Gasteiger partial charge in [0.15, 0.2) is 0 Å². The molecule has 0 unspecified atom stereocenters. The van der Waals surface area contributed by atoms with E-state index in [0.29, 0.717) is 32.1 Å². The van der Waals surface area contributed by atoms with Gasteiger partial charge in [-0.25, -0.2) is 0 Å². The molecule has 0 saturated carbocycles.